The molecule has 0 saturated heterocycles. The quantitative estimate of drug-likeness (QED) is 0.915. The Kier molecular flexibility index (Phi) is 3.52. The van der Waals surface area contributed by atoms with Crippen LogP contribution in [0.1, 0.15) is 5.56 Å². The second kappa shape index (κ2) is 4.79. The van der Waals surface area contributed by atoms with Crippen molar-refractivity contribution < 1.29 is 8.42 Å². The molecule has 2 rings (SSSR count). The lowest BCUT2D eigenvalue weighted by Gasteiger charge is -2.11. The first-order valence-electron chi connectivity index (χ1n) is 4.88. The Morgan fingerprint density at radius 3 is 2.67 bits per heavy atom. The van der Waals surface area contributed by atoms with Crippen molar-refractivity contribution in [3.8, 4) is 0 Å². The van der Waals surface area contributed by atoms with E-state index in [4.69, 9.17) is 23.2 Å². The fourth-order valence-corrected chi connectivity index (χ4v) is 2.90. The van der Waals surface area contributed by atoms with Gasteiger partial charge in [-0.25, -0.2) is 8.42 Å². The van der Waals surface area contributed by atoms with E-state index < -0.39 is 10.0 Å². The van der Waals surface area contributed by atoms with Gasteiger partial charge in [0.15, 0.2) is 0 Å². The summed E-state index contributed by atoms with van der Waals surface area (Å²) in [4.78, 5) is 0.0103. The van der Waals surface area contributed by atoms with Gasteiger partial charge in [-0.1, -0.05) is 29.3 Å². The summed E-state index contributed by atoms with van der Waals surface area (Å²) in [6.45, 7) is 1.76. The van der Waals surface area contributed by atoms with Gasteiger partial charge in [-0.3, -0.25) is 9.82 Å². The number of aromatic amines is 1. The molecule has 0 unspecified atom stereocenters. The first-order chi connectivity index (χ1) is 8.42. The second-order valence-corrected chi connectivity index (χ2v) is 6.06. The first-order valence-corrected chi connectivity index (χ1v) is 7.12. The van der Waals surface area contributed by atoms with Crippen molar-refractivity contribution in [2.75, 3.05) is 4.72 Å². The molecule has 0 aliphatic carbocycles. The third kappa shape index (κ3) is 2.45. The van der Waals surface area contributed by atoms with Crippen LogP contribution in [0.5, 0.6) is 0 Å². The SMILES string of the molecule is Cc1ccc(Cl)c(NS(=O)(=O)c2cn[nH]c2)c1Cl. The van der Waals surface area contributed by atoms with Crippen LogP contribution in [0.3, 0.4) is 0 Å². The lowest BCUT2D eigenvalue weighted by atomic mass is 10.2. The number of aryl methyl sites for hydroxylation is 1. The zero-order valence-corrected chi connectivity index (χ0v) is 11.6. The van der Waals surface area contributed by atoms with Gasteiger partial charge < -0.3 is 0 Å². The molecular weight excluding hydrogens is 297 g/mol. The average molecular weight is 306 g/mol. The molecule has 2 N–H and O–H groups in total. The molecule has 0 radical (unpaired) electrons. The highest BCUT2D eigenvalue weighted by atomic mass is 35.5. The van der Waals surface area contributed by atoms with Gasteiger partial charge in [0, 0.05) is 6.20 Å². The van der Waals surface area contributed by atoms with Crippen LogP contribution >= 0.6 is 23.2 Å². The normalized spacial score (nSPS) is 11.5. The van der Waals surface area contributed by atoms with E-state index in [1.54, 1.807) is 19.1 Å². The molecule has 5 nitrogen and oxygen atoms in total. The molecule has 1 aromatic carbocycles. The Labute approximate surface area is 114 Å². The molecule has 1 heterocycles. The second-order valence-electron chi connectivity index (χ2n) is 3.59. The summed E-state index contributed by atoms with van der Waals surface area (Å²) in [6, 6.07) is 3.29. The molecule has 0 amide bonds. The number of aromatic nitrogens is 2. The van der Waals surface area contributed by atoms with Crippen molar-refractivity contribution in [2.45, 2.75) is 11.8 Å². The van der Waals surface area contributed by atoms with Crippen LogP contribution in [0.25, 0.3) is 0 Å². The number of nitrogens with one attached hydrogen (secondary N) is 2. The average Bonchev–Trinajstić information content (AvgIpc) is 2.84. The van der Waals surface area contributed by atoms with Crippen molar-refractivity contribution in [1.82, 2.24) is 10.2 Å². The van der Waals surface area contributed by atoms with Crippen LogP contribution < -0.4 is 4.72 Å². The lowest BCUT2D eigenvalue weighted by Crippen LogP contribution is -2.13. The van der Waals surface area contributed by atoms with Crippen LogP contribution in [-0.2, 0) is 10.0 Å². The molecule has 0 saturated carbocycles. The van der Waals surface area contributed by atoms with Crippen LogP contribution in [-0.4, -0.2) is 18.6 Å². The Morgan fingerprint density at radius 1 is 1.33 bits per heavy atom. The fourth-order valence-electron chi connectivity index (χ4n) is 1.33. The minimum Gasteiger partial charge on any atom is -0.284 e. The monoisotopic (exact) mass is 305 g/mol. The van der Waals surface area contributed by atoms with Gasteiger partial charge in [0.1, 0.15) is 4.90 Å². The molecule has 8 heteroatoms. The molecule has 0 aliphatic rings. The van der Waals surface area contributed by atoms with Gasteiger partial charge in [-0.05, 0) is 18.6 Å². The number of rotatable bonds is 3. The summed E-state index contributed by atoms with van der Waals surface area (Å²) in [6.07, 6.45) is 2.46. The number of hydrogen-bond acceptors (Lipinski definition) is 3. The third-order valence-corrected chi connectivity index (χ3v) is 4.42. The van der Waals surface area contributed by atoms with Crippen molar-refractivity contribution in [3.63, 3.8) is 0 Å². The molecule has 0 atom stereocenters. The largest absolute Gasteiger partial charge is 0.284 e. The Balaban J connectivity index is 2.45. The van der Waals surface area contributed by atoms with Crippen LogP contribution in [0.2, 0.25) is 10.0 Å². The van der Waals surface area contributed by atoms with E-state index in [9.17, 15) is 8.42 Å². The summed E-state index contributed by atoms with van der Waals surface area (Å²) in [7, 11) is -3.74. The highest BCUT2D eigenvalue weighted by Gasteiger charge is 2.19. The summed E-state index contributed by atoms with van der Waals surface area (Å²) in [5.41, 5.74) is 0.894. The molecule has 2 aromatic rings. The zero-order valence-electron chi connectivity index (χ0n) is 9.24. The molecule has 1 aromatic heterocycles. The van der Waals surface area contributed by atoms with Gasteiger partial charge >= 0.3 is 0 Å². The Hall–Kier alpha value is -1.24. The standard InChI is InChI=1S/C10H9Cl2N3O2S/c1-6-2-3-8(11)10(9(6)12)15-18(16,17)7-4-13-14-5-7/h2-5,15H,1H3,(H,13,14). The number of nitrogens with zero attached hydrogens (tertiary/aromatic N) is 1. The maximum absolute atomic E-state index is 12.0. The van der Waals surface area contributed by atoms with Crippen molar-refractivity contribution >= 4 is 38.9 Å². The van der Waals surface area contributed by atoms with Crippen molar-refractivity contribution in [1.29, 1.82) is 0 Å². The number of sulfonamides is 1. The molecule has 0 bridgehead atoms. The van der Waals surface area contributed by atoms with Crippen molar-refractivity contribution in [3.05, 3.63) is 40.1 Å². The van der Waals surface area contributed by atoms with E-state index >= 15 is 0 Å². The van der Waals surface area contributed by atoms with E-state index in [0.29, 0.717) is 0 Å². The maximum atomic E-state index is 12.0. The van der Waals surface area contributed by atoms with Gasteiger partial charge in [0.05, 0.1) is 21.9 Å². The van der Waals surface area contributed by atoms with Gasteiger partial charge in [0.25, 0.3) is 10.0 Å². The lowest BCUT2D eigenvalue weighted by molar-refractivity contribution is 0.601. The Bertz CT molecular complexity index is 669. The highest BCUT2D eigenvalue weighted by Crippen LogP contribution is 2.34. The fraction of sp³-hybridized carbons (Fsp3) is 0.100. The minimum absolute atomic E-state index is 0.0103. The molecule has 0 spiro atoms. The van der Waals surface area contributed by atoms with Gasteiger partial charge in [-0.2, -0.15) is 5.10 Å². The van der Waals surface area contributed by atoms with Crippen LogP contribution in [0, 0.1) is 6.92 Å². The summed E-state index contributed by atoms with van der Waals surface area (Å²) in [5, 5.41) is 6.52. The number of H-pyrrole nitrogens is 1. The molecule has 18 heavy (non-hydrogen) atoms. The summed E-state index contributed by atoms with van der Waals surface area (Å²) < 4.78 is 26.3. The zero-order chi connectivity index (χ0) is 13.3. The minimum atomic E-state index is -3.74. The third-order valence-electron chi connectivity index (χ3n) is 2.30. The van der Waals surface area contributed by atoms with Crippen molar-refractivity contribution in [2.24, 2.45) is 0 Å². The number of anilines is 1. The molecular formula is C10H9Cl2N3O2S. The van der Waals surface area contributed by atoms with Gasteiger partial charge in [-0.15, -0.1) is 0 Å². The van der Waals surface area contributed by atoms with E-state index in [0.717, 1.165) is 5.56 Å². The Morgan fingerprint density at radius 2 is 2.06 bits per heavy atom. The van der Waals surface area contributed by atoms with Gasteiger partial charge in [0.2, 0.25) is 0 Å². The van der Waals surface area contributed by atoms with E-state index in [1.807, 2.05) is 0 Å². The molecule has 0 aliphatic heterocycles. The number of benzene rings is 1. The van der Waals surface area contributed by atoms with E-state index in [-0.39, 0.29) is 20.6 Å². The molecule has 96 valence electrons. The summed E-state index contributed by atoms with van der Waals surface area (Å²) in [5.74, 6) is 0. The molecule has 0 fully saturated rings. The smallest absolute Gasteiger partial charge is 0.265 e. The number of halogens is 2. The number of hydrogen-bond donors (Lipinski definition) is 2. The predicted molar refractivity (Wildman–Crippen MR) is 70.6 cm³/mol. The first kappa shape index (κ1) is 13.2. The van der Waals surface area contributed by atoms with E-state index in [1.165, 1.54) is 12.4 Å². The predicted octanol–water partition coefficient (Wildman–Crippen LogP) is 2.83. The summed E-state index contributed by atoms with van der Waals surface area (Å²) >= 11 is 12.0. The highest BCUT2D eigenvalue weighted by molar-refractivity contribution is 7.92. The maximum Gasteiger partial charge on any atom is 0.265 e. The van der Waals surface area contributed by atoms with E-state index in [2.05, 4.69) is 14.9 Å². The topological polar surface area (TPSA) is 74.8 Å². The van der Waals surface area contributed by atoms with Crippen LogP contribution in [0.4, 0.5) is 5.69 Å². The van der Waals surface area contributed by atoms with Crippen LogP contribution in [0.15, 0.2) is 29.4 Å².